The van der Waals surface area contributed by atoms with Crippen LogP contribution in [0.2, 0.25) is 0 Å². The van der Waals surface area contributed by atoms with E-state index in [0.29, 0.717) is 17.1 Å². The molecule has 1 aromatic heterocycles. The lowest BCUT2D eigenvalue weighted by atomic mass is 10.1. The van der Waals surface area contributed by atoms with Crippen molar-refractivity contribution in [3.05, 3.63) is 65.6 Å². The molecule has 0 amide bonds. The molecule has 0 saturated carbocycles. The van der Waals surface area contributed by atoms with E-state index >= 15 is 0 Å². The molecule has 3 aromatic rings. The summed E-state index contributed by atoms with van der Waals surface area (Å²) in [6.07, 6.45) is 0. The van der Waals surface area contributed by atoms with E-state index in [0.717, 1.165) is 16.6 Å². The van der Waals surface area contributed by atoms with Gasteiger partial charge in [-0.25, -0.2) is 9.37 Å². The second kappa shape index (κ2) is 5.50. The fourth-order valence-corrected chi connectivity index (χ4v) is 2.25. The number of para-hydroxylation sites is 1. The number of fused-ring (bicyclic) bond motifs is 1. The van der Waals surface area contributed by atoms with Crippen molar-refractivity contribution in [1.29, 1.82) is 0 Å². The SMILES string of the molecule is Cc1ccc2cccc(Oc3cccc(F)c3CN)c2n1. The van der Waals surface area contributed by atoms with Gasteiger partial charge in [0, 0.05) is 23.2 Å². The van der Waals surface area contributed by atoms with E-state index in [1.807, 2.05) is 37.3 Å². The van der Waals surface area contributed by atoms with E-state index in [1.54, 1.807) is 12.1 Å². The average molecular weight is 282 g/mol. The second-order valence-corrected chi connectivity index (χ2v) is 4.80. The minimum absolute atomic E-state index is 0.0826. The summed E-state index contributed by atoms with van der Waals surface area (Å²) in [5, 5.41) is 0.976. The van der Waals surface area contributed by atoms with Gasteiger partial charge in [0.05, 0.1) is 0 Å². The Hall–Kier alpha value is -2.46. The van der Waals surface area contributed by atoms with Crippen molar-refractivity contribution in [2.45, 2.75) is 13.5 Å². The number of halogens is 1. The van der Waals surface area contributed by atoms with Crippen LogP contribution in [0.15, 0.2) is 48.5 Å². The van der Waals surface area contributed by atoms with Crippen LogP contribution in [0, 0.1) is 12.7 Å². The van der Waals surface area contributed by atoms with Gasteiger partial charge >= 0.3 is 0 Å². The number of aromatic nitrogens is 1. The first kappa shape index (κ1) is 13.5. The predicted octanol–water partition coefficient (Wildman–Crippen LogP) is 3.93. The minimum atomic E-state index is -0.362. The van der Waals surface area contributed by atoms with Gasteiger partial charge in [0.2, 0.25) is 0 Å². The van der Waals surface area contributed by atoms with Crippen LogP contribution in [0.25, 0.3) is 10.9 Å². The Morgan fingerprint density at radius 2 is 1.81 bits per heavy atom. The van der Waals surface area contributed by atoms with Gasteiger partial charge in [-0.2, -0.15) is 0 Å². The zero-order valence-electron chi connectivity index (χ0n) is 11.6. The number of nitrogens with two attached hydrogens (primary N) is 1. The Bertz CT molecular complexity index is 802. The molecule has 0 bridgehead atoms. The molecule has 4 heteroatoms. The maximum Gasteiger partial charge on any atom is 0.153 e. The second-order valence-electron chi connectivity index (χ2n) is 4.80. The molecule has 0 radical (unpaired) electrons. The third-order valence-electron chi connectivity index (χ3n) is 3.32. The quantitative estimate of drug-likeness (QED) is 0.791. The topological polar surface area (TPSA) is 48.1 Å². The lowest BCUT2D eigenvalue weighted by molar-refractivity contribution is 0.471. The van der Waals surface area contributed by atoms with Gasteiger partial charge in [-0.3, -0.25) is 0 Å². The molecule has 1 heterocycles. The van der Waals surface area contributed by atoms with Gasteiger partial charge in [-0.1, -0.05) is 24.3 Å². The lowest BCUT2D eigenvalue weighted by Crippen LogP contribution is -2.02. The lowest BCUT2D eigenvalue weighted by Gasteiger charge is -2.12. The third kappa shape index (κ3) is 2.58. The zero-order chi connectivity index (χ0) is 14.8. The average Bonchev–Trinajstić information content (AvgIpc) is 2.48. The van der Waals surface area contributed by atoms with Crippen LogP contribution >= 0.6 is 0 Å². The van der Waals surface area contributed by atoms with Crippen molar-refractivity contribution in [3.8, 4) is 11.5 Å². The van der Waals surface area contributed by atoms with Gasteiger partial charge in [0.1, 0.15) is 17.1 Å². The maximum atomic E-state index is 13.8. The summed E-state index contributed by atoms with van der Waals surface area (Å²) in [7, 11) is 0. The van der Waals surface area contributed by atoms with Gasteiger partial charge < -0.3 is 10.5 Å². The number of rotatable bonds is 3. The van der Waals surface area contributed by atoms with Crippen molar-refractivity contribution in [2.24, 2.45) is 5.73 Å². The van der Waals surface area contributed by atoms with E-state index < -0.39 is 0 Å². The first-order valence-corrected chi connectivity index (χ1v) is 6.70. The molecule has 3 nitrogen and oxygen atoms in total. The summed E-state index contributed by atoms with van der Waals surface area (Å²) in [6, 6.07) is 14.3. The molecule has 0 atom stereocenters. The molecule has 0 unspecified atom stereocenters. The van der Waals surface area contributed by atoms with E-state index in [-0.39, 0.29) is 12.4 Å². The number of benzene rings is 2. The van der Waals surface area contributed by atoms with Crippen molar-refractivity contribution in [2.75, 3.05) is 0 Å². The van der Waals surface area contributed by atoms with Crippen LogP contribution in [-0.2, 0) is 6.54 Å². The summed E-state index contributed by atoms with van der Waals surface area (Å²) in [5.74, 6) is 0.657. The van der Waals surface area contributed by atoms with Crippen molar-refractivity contribution < 1.29 is 9.13 Å². The van der Waals surface area contributed by atoms with Crippen molar-refractivity contribution in [1.82, 2.24) is 4.98 Å². The normalized spacial score (nSPS) is 10.8. The highest BCUT2D eigenvalue weighted by molar-refractivity contribution is 5.84. The van der Waals surface area contributed by atoms with Gasteiger partial charge in [0.15, 0.2) is 5.75 Å². The molecule has 3 rings (SSSR count). The van der Waals surface area contributed by atoms with Crippen LogP contribution in [0.5, 0.6) is 11.5 Å². The Morgan fingerprint density at radius 1 is 1.05 bits per heavy atom. The van der Waals surface area contributed by atoms with Crippen LogP contribution in [-0.4, -0.2) is 4.98 Å². The van der Waals surface area contributed by atoms with Crippen LogP contribution in [0.3, 0.4) is 0 Å². The molecular formula is C17H15FN2O. The monoisotopic (exact) mass is 282 g/mol. The molecule has 0 aliphatic carbocycles. The Labute approximate surface area is 122 Å². The smallest absolute Gasteiger partial charge is 0.153 e. The van der Waals surface area contributed by atoms with E-state index in [4.69, 9.17) is 10.5 Å². The molecule has 2 N–H and O–H groups in total. The molecule has 0 saturated heterocycles. The summed E-state index contributed by atoms with van der Waals surface area (Å²) >= 11 is 0. The first-order valence-electron chi connectivity index (χ1n) is 6.70. The molecule has 0 spiro atoms. The van der Waals surface area contributed by atoms with Gasteiger partial charge in [-0.15, -0.1) is 0 Å². The first-order chi connectivity index (χ1) is 10.2. The molecule has 21 heavy (non-hydrogen) atoms. The Balaban J connectivity index is 2.10. The summed E-state index contributed by atoms with van der Waals surface area (Å²) in [4.78, 5) is 4.50. The van der Waals surface area contributed by atoms with Crippen LogP contribution in [0.1, 0.15) is 11.3 Å². The van der Waals surface area contributed by atoms with Crippen LogP contribution < -0.4 is 10.5 Å². The standard InChI is InChI=1S/C17H15FN2O/c1-11-8-9-12-4-2-7-16(17(12)20-11)21-15-6-3-5-14(18)13(15)10-19/h2-9H,10,19H2,1H3. The van der Waals surface area contributed by atoms with Crippen LogP contribution in [0.4, 0.5) is 4.39 Å². The number of pyridine rings is 1. The fraction of sp³-hybridized carbons (Fsp3) is 0.118. The summed E-state index contributed by atoms with van der Waals surface area (Å²) < 4.78 is 19.6. The molecule has 0 aliphatic rings. The number of nitrogens with zero attached hydrogens (tertiary/aromatic N) is 1. The number of ether oxygens (including phenoxy) is 1. The van der Waals surface area contributed by atoms with Crippen molar-refractivity contribution >= 4 is 10.9 Å². The largest absolute Gasteiger partial charge is 0.455 e. The van der Waals surface area contributed by atoms with Gasteiger partial charge in [-0.05, 0) is 31.2 Å². The van der Waals surface area contributed by atoms with Crippen molar-refractivity contribution in [3.63, 3.8) is 0 Å². The number of hydrogen-bond acceptors (Lipinski definition) is 3. The summed E-state index contributed by atoms with van der Waals surface area (Å²) in [5.41, 5.74) is 7.62. The molecule has 0 aliphatic heterocycles. The molecule has 2 aromatic carbocycles. The molecule has 106 valence electrons. The number of aryl methyl sites for hydroxylation is 1. The zero-order valence-corrected chi connectivity index (χ0v) is 11.6. The fourth-order valence-electron chi connectivity index (χ4n) is 2.25. The highest BCUT2D eigenvalue weighted by Gasteiger charge is 2.11. The highest BCUT2D eigenvalue weighted by atomic mass is 19.1. The van der Waals surface area contributed by atoms with Gasteiger partial charge in [0.25, 0.3) is 0 Å². The summed E-state index contributed by atoms with van der Waals surface area (Å²) in [6.45, 7) is 2.00. The van der Waals surface area contributed by atoms with E-state index in [1.165, 1.54) is 6.07 Å². The highest BCUT2D eigenvalue weighted by Crippen LogP contribution is 2.31. The maximum absolute atomic E-state index is 13.8. The minimum Gasteiger partial charge on any atom is -0.455 e. The molecule has 0 fully saturated rings. The molecular weight excluding hydrogens is 267 g/mol. The Kier molecular flexibility index (Phi) is 3.54. The predicted molar refractivity (Wildman–Crippen MR) is 80.8 cm³/mol. The Morgan fingerprint density at radius 3 is 2.62 bits per heavy atom. The van der Waals surface area contributed by atoms with E-state index in [9.17, 15) is 4.39 Å². The number of hydrogen-bond donors (Lipinski definition) is 1. The third-order valence-corrected chi connectivity index (χ3v) is 3.32. The van der Waals surface area contributed by atoms with E-state index in [2.05, 4.69) is 4.98 Å².